The fourth-order valence-electron chi connectivity index (χ4n) is 1.84. The predicted molar refractivity (Wildman–Crippen MR) is 83.7 cm³/mol. The Morgan fingerprint density at radius 1 is 1.25 bits per heavy atom. The van der Waals surface area contributed by atoms with Crippen LogP contribution in [-0.2, 0) is 14.3 Å². The van der Waals surface area contributed by atoms with Gasteiger partial charge in [-0.3, -0.25) is 0 Å². The fraction of sp³-hybridized carbons (Fsp3) is 0.706. The van der Waals surface area contributed by atoms with E-state index in [0.717, 1.165) is 12.8 Å². The van der Waals surface area contributed by atoms with Gasteiger partial charge < -0.3 is 9.47 Å². The van der Waals surface area contributed by atoms with Crippen LogP contribution in [0.2, 0.25) is 0 Å². The van der Waals surface area contributed by atoms with E-state index in [0.29, 0.717) is 0 Å². The molecule has 0 spiro atoms. The van der Waals surface area contributed by atoms with Crippen molar-refractivity contribution in [1.29, 1.82) is 0 Å². The third-order valence-corrected chi connectivity index (χ3v) is 3.18. The maximum absolute atomic E-state index is 11.3. The molecular weight excluding hydrogens is 252 g/mol. The van der Waals surface area contributed by atoms with Gasteiger partial charge in [-0.1, -0.05) is 44.4 Å². The van der Waals surface area contributed by atoms with Gasteiger partial charge in [-0.2, -0.15) is 0 Å². The topological polar surface area (TPSA) is 35.5 Å². The molecule has 116 valence electrons. The van der Waals surface area contributed by atoms with Crippen LogP contribution in [0.15, 0.2) is 24.3 Å². The van der Waals surface area contributed by atoms with Crippen molar-refractivity contribution in [2.45, 2.75) is 71.5 Å². The number of methoxy groups -OCH3 is 1. The number of unbranched alkanes of at least 4 members (excludes halogenated alkanes) is 2. The molecule has 0 heterocycles. The summed E-state index contributed by atoms with van der Waals surface area (Å²) in [5.41, 5.74) is -0.113. The van der Waals surface area contributed by atoms with E-state index < -0.39 is 0 Å². The van der Waals surface area contributed by atoms with Crippen LogP contribution in [0, 0.1) is 0 Å². The Hall–Kier alpha value is -1.09. The Morgan fingerprint density at radius 2 is 1.95 bits per heavy atom. The molecule has 0 radical (unpaired) electrons. The highest BCUT2D eigenvalue weighted by Gasteiger charge is 2.20. The first-order chi connectivity index (χ1) is 9.43. The molecule has 0 aromatic carbocycles. The van der Waals surface area contributed by atoms with Gasteiger partial charge in [-0.25, -0.2) is 4.79 Å². The predicted octanol–water partition coefficient (Wildman–Crippen LogP) is 4.43. The molecule has 1 atom stereocenters. The Balaban J connectivity index is 4.12. The summed E-state index contributed by atoms with van der Waals surface area (Å²) in [5, 5.41) is 0. The third kappa shape index (κ3) is 9.79. The van der Waals surface area contributed by atoms with Gasteiger partial charge in [-0.15, -0.1) is 0 Å². The van der Waals surface area contributed by atoms with Crippen LogP contribution in [0.4, 0.5) is 0 Å². The average Bonchev–Trinajstić information content (AvgIpc) is 2.38. The number of allylic oxidation sites excluding steroid dienone is 2. The van der Waals surface area contributed by atoms with Gasteiger partial charge >= 0.3 is 5.97 Å². The van der Waals surface area contributed by atoms with E-state index in [2.05, 4.69) is 13.8 Å². The zero-order chi connectivity index (χ0) is 15.4. The molecule has 0 aliphatic rings. The summed E-state index contributed by atoms with van der Waals surface area (Å²) in [7, 11) is 1.76. The van der Waals surface area contributed by atoms with Crippen LogP contribution in [0.5, 0.6) is 0 Å². The normalized spacial score (nSPS) is 15.1. The molecule has 0 bridgehead atoms. The van der Waals surface area contributed by atoms with Crippen LogP contribution in [0.25, 0.3) is 0 Å². The molecule has 0 saturated carbocycles. The number of esters is 1. The van der Waals surface area contributed by atoms with E-state index in [9.17, 15) is 4.79 Å². The maximum atomic E-state index is 11.3. The van der Waals surface area contributed by atoms with E-state index in [4.69, 9.17) is 9.47 Å². The minimum Gasteiger partial charge on any atom is -0.460 e. The monoisotopic (exact) mass is 282 g/mol. The van der Waals surface area contributed by atoms with E-state index in [1.165, 1.54) is 25.3 Å². The van der Waals surface area contributed by atoms with Gasteiger partial charge in [0.1, 0.15) is 0 Å². The lowest BCUT2D eigenvalue weighted by atomic mass is 9.94. The van der Waals surface area contributed by atoms with E-state index in [1.807, 2.05) is 26.0 Å². The van der Waals surface area contributed by atoms with Crippen molar-refractivity contribution in [3.63, 3.8) is 0 Å². The lowest BCUT2D eigenvalue weighted by Crippen LogP contribution is -2.26. The molecule has 0 saturated heterocycles. The van der Waals surface area contributed by atoms with Crippen molar-refractivity contribution in [1.82, 2.24) is 0 Å². The summed E-state index contributed by atoms with van der Waals surface area (Å²) < 4.78 is 10.6. The minimum absolute atomic E-state index is 0.0773. The quantitative estimate of drug-likeness (QED) is 0.257. The van der Waals surface area contributed by atoms with Gasteiger partial charge in [0, 0.05) is 13.2 Å². The first-order valence-electron chi connectivity index (χ1n) is 7.52. The van der Waals surface area contributed by atoms with Crippen LogP contribution < -0.4 is 0 Å². The van der Waals surface area contributed by atoms with Gasteiger partial charge in [0.2, 0.25) is 0 Å². The smallest absolute Gasteiger partial charge is 0.330 e. The van der Waals surface area contributed by atoms with Gasteiger partial charge in [0.15, 0.2) is 0 Å². The van der Waals surface area contributed by atoms with Crippen LogP contribution >= 0.6 is 0 Å². The Kier molecular flexibility index (Phi) is 10.1. The summed E-state index contributed by atoms with van der Waals surface area (Å²) in [5.74, 6) is -0.304. The molecule has 0 aromatic heterocycles. The number of rotatable bonds is 10. The summed E-state index contributed by atoms with van der Waals surface area (Å²) in [6, 6.07) is 0. The minimum atomic E-state index is -0.304. The number of hydrogen-bond donors (Lipinski definition) is 0. The molecule has 0 aliphatic carbocycles. The Bertz CT molecular complexity index is 318. The Labute approximate surface area is 124 Å². The molecule has 20 heavy (non-hydrogen) atoms. The average molecular weight is 282 g/mol. The van der Waals surface area contributed by atoms with Gasteiger partial charge in [0.05, 0.1) is 11.7 Å². The molecule has 0 rings (SSSR count). The van der Waals surface area contributed by atoms with E-state index in [1.54, 1.807) is 13.2 Å². The molecule has 0 amide bonds. The van der Waals surface area contributed by atoms with E-state index >= 15 is 0 Å². The largest absolute Gasteiger partial charge is 0.460 e. The molecule has 0 N–H and O–H groups in total. The SMILES string of the molecule is CCCCC[C@](C)(CC=CC=CC(=O)OC(C)C)OC. The second-order valence-corrected chi connectivity index (χ2v) is 5.59. The molecule has 3 nitrogen and oxygen atoms in total. The molecule has 0 aromatic rings. The van der Waals surface area contributed by atoms with Gasteiger partial charge in [0.25, 0.3) is 0 Å². The first kappa shape index (κ1) is 18.9. The summed E-state index contributed by atoms with van der Waals surface area (Å²) in [6.07, 6.45) is 12.5. The number of hydrogen-bond acceptors (Lipinski definition) is 3. The number of ether oxygens (including phenoxy) is 2. The second kappa shape index (κ2) is 10.7. The van der Waals surface area contributed by atoms with Crippen LogP contribution in [0.1, 0.15) is 59.8 Å². The standard InChI is InChI=1S/C17H30O3/c1-6-7-10-13-17(4,19-5)14-11-8-9-12-16(18)20-15(2)3/h8-9,11-12,15H,6-7,10,13-14H2,1-5H3/t17-/m1/s1. The maximum Gasteiger partial charge on any atom is 0.330 e. The van der Waals surface area contributed by atoms with Crippen LogP contribution in [-0.4, -0.2) is 24.8 Å². The number of carbonyl (C=O) groups is 1. The fourth-order valence-corrected chi connectivity index (χ4v) is 1.84. The van der Waals surface area contributed by atoms with Crippen LogP contribution in [0.3, 0.4) is 0 Å². The Morgan fingerprint density at radius 3 is 2.50 bits per heavy atom. The zero-order valence-corrected chi connectivity index (χ0v) is 13.6. The molecule has 0 aliphatic heterocycles. The highest BCUT2D eigenvalue weighted by atomic mass is 16.5. The van der Waals surface area contributed by atoms with Crippen molar-refractivity contribution in [2.75, 3.05) is 7.11 Å². The van der Waals surface area contributed by atoms with Crippen molar-refractivity contribution in [3.05, 3.63) is 24.3 Å². The van der Waals surface area contributed by atoms with Crippen molar-refractivity contribution in [2.24, 2.45) is 0 Å². The summed E-state index contributed by atoms with van der Waals surface area (Å²) in [4.78, 5) is 11.3. The zero-order valence-electron chi connectivity index (χ0n) is 13.6. The summed E-state index contributed by atoms with van der Waals surface area (Å²) >= 11 is 0. The molecule has 0 unspecified atom stereocenters. The first-order valence-corrected chi connectivity index (χ1v) is 7.52. The number of carbonyl (C=O) groups excluding carboxylic acids is 1. The highest BCUT2D eigenvalue weighted by Crippen LogP contribution is 2.23. The summed E-state index contributed by atoms with van der Waals surface area (Å²) in [6.45, 7) is 8.00. The van der Waals surface area contributed by atoms with Crippen molar-refractivity contribution in [3.8, 4) is 0 Å². The molecule has 0 fully saturated rings. The molecular formula is C17H30O3. The van der Waals surface area contributed by atoms with Gasteiger partial charge in [-0.05, 0) is 33.6 Å². The lowest BCUT2D eigenvalue weighted by Gasteiger charge is -2.26. The van der Waals surface area contributed by atoms with Crippen molar-refractivity contribution >= 4 is 5.97 Å². The molecule has 3 heteroatoms. The lowest BCUT2D eigenvalue weighted by molar-refractivity contribution is -0.141. The third-order valence-electron chi connectivity index (χ3n) is 3.18. The van der Waals surface area contributed by atoms with Crippen molar-refractivity contribution < 1.29 is 14.3 Å². The second-order valence-electron chi connectivity index (χ2n) is 5.59. The highest BCUT2D eigenvalue weighted by molar-refractivity contribution is 5.82. The van der Waals surface area contributed by atoms with E-state index in [-0.39, 0.29) is 17.7 Å².